The lowest BCUT2D eigenvalue weighted by atomic mass is 10.0. The first-order valence-electron chi connectivity index (χ1n) is 8.18. The highest BCUT2D eigenvalue weighted by atomic mass is 19.1. The first-order valence-corrected chi connectivity index (χ1v) is 8.18. The molecule has 0 bridgehead atoms. The number of aromatic nitrogens is 2. The number of alkyl halides is 1. The fraction of sp³-hybridized carbons (Fsp3) is 0.200. The maximum Gasteiger partial charge on any atom is 0.159 e. The molecule has 2 aromatic carbocycles. The molecule has 0 saturated carbocycles. The van der Waals surface area contributed by atoms with Crippen LogP contribution in [-0.4, -0.2) is 9.97 Å². The van der Waals surface area contributed by atoms with Gasteiger partial charge in [-0.05, 0) is 35.7 Å². The van der Waals surface area contributed by atoms with Crippen molar-refractivity contribution in [3.8, 4) is 22.5 Å². The maximum absolute atomic E-state index is 14.5. The van der Waals surface area contributed by atoms with Crippen LogP contribution in [-0.2, 0) is 13.1 Å². The summed E-state index contributed by atoms with van der Waals surface area (Å²) in [5.74, 6) is -2.39. The lowest BCUT2D eigenvalue weighted by Crippen LogP contribution is -1.96. The van der Waals surface area contributed by atoms with Gasteiger partial charge in [0.2, 0.25) is 0 Å². The summed E-state index contributed by atoms with van der Waals surface area (Å²) < 4.78 is 54.6. The number of nitrogens with zero attached hydrogens (tertiary/aromatic N) is 2. The van der Waals surface area contributed by atoms with Crippen molar-refractivity contribution in [2.24, 2.45) is 0 Å². The van der Waals surface area contributed by atoms with Crippen LogP contribution in [0.5, 0.6) is 0 Å². The Hall–Kier alpha value is -2.76. The number of aryl methyl sites for hydroxylation is 1. The summed E-state index contributed by atoms with van der Waals surface area (Å²) in [5.41, 5.74) is 0.800. The molecule has 26 heavy (non-hydrogen) atoms. The quantitative estimate of drug-likeness (QED) is 0.550. The predicted molar refractivity (Wildman–Crippen MR) is 91.6 cm³/mol. The molecule has 0 aliphatic heterocycles. The smallest absolute Gasteiger partial charge is 0.159 e. The zero-order chi connectivity index (χ0) is 18.7. The van der Waals surface area contributed by atoms with Gasteiger partial charge < -0.3 is 0 Å². The first-order chi connectivity index (χ1) is 12.5. The van der Waals surface area contributed by atoms with Gasteiger partial charge in [0.1, 0.15) is 24.1 Å². The highest BCUT2D eigenvalue weighted by Crippen LogP contribution is 2.29. The van der Waals surface area contributed by atoms with Gasteiger partial charge >= 0.3 is 0 Å². The molecule has 1 aromatic heterocycles. The fourth-order valence-corrected chi connectivity index (χ4v) is 2.70. The lowest BCUT2D eigenvalue weighted by Gasteiger charge is -2.09. The van der Waals surface area contributed by atoms with E-state index in [1.165, 1.54) is 12.1 Å². The zero-order valence-electron chi connectivity index (χ0n) is 14.1. The largest absolute Gasteiger partial charge is 0.246 e. The number of halogens is 4. The highest BCUT2D eigenvalue weighted by Gasteiger charge is 2.15. The van der Waals surface area contributed by atoms with Crippen LogP contribution < -0.4 is 0 Å². The lowest BCUT2D eigenvalue weighted by molar-refractivity contribution is 0.440. The summed E-state index contributed by atoms with van der Waals surface area (Å²) in [6.07, 6.45) is 5.22. The van der Waals surface area contributed by atoms with E-state index in [9.17, 15) is 17.6 Å². The SMILES string of the molecule is CCCc1cnc(-c2ccc(-c3cc(F)c(CF)c(F)c3)c(F)c2)nc1. The van der Waals surface area contributed by atoms with Gasteiger partial charge in [-0.15, -0.1) is 0 Å². The standard InChI is InChI=1S/C20H16F4N2/c1-2-3-12-10-25-20(26-11-12)13-4-5-15(17(22)6-13)14-7-18(23)16(9-21)19(24)8-14/h4-8,10-11H,2-3,9H2,1H3. The topological polar surface area (TPSA) is 25.8 Å². The van der Waals surface area contributed by atoms with E-state index in [4.69, 9.17) is 0 Å². The molecule has 0 fully saturated rings. The van der Waals surface area contributed by atoms with Crippen LogP contribution in [0.1, 0.15) is 24.5 Å². The van der Waals surface area contributed by atoms with E-state index >= 15 is 0 Å². The van der Waals surface area contributed by atoms with Crippen molar-refractivity contribution in [1.29, 1.82) is 0 Å². The minimum atomic E-state index is -1.26. The van der Waals surface area contributed by atoms with Gasteiger partial charge in [-0.1, -0.05) is 25.5 Å². The molecule has 0 spiro atoms. The average molecular weight is 360 g/mol. The first kappa shape index (κ1) is 18.0. The van der Waals surface area contributed by atoms with Crippen molar-refractivity contribution in [3.63, 3.8) is 0 Å². The fourth-order valence-electron chi connectivity index (χ4n) is 2.70. The molecule has 0 aliphatic rings. The van der Waals surface area contributed by atoms with Gasteiger partial charge in [0.15, 0.2) is 5.82 Å². The number of benzene rings is 2. The van der Waals surface area contributed by atoms with E-state index < -0.39 is 29.7 Å². The molecule has 6 heteroatoms. The normalized spacial score (nSPS) is 11.0. The van der Waals surface area contributed by atoms with E-state index in [2.05, 4.69) is 9.97 Å². The van der Waals surface area contributed by atoms with Crippen LogP contribution in [0.2, 0.25) is 0 Å². The van der Waals surface area contributed by atoms with Gasteiger partial charge in [0, 0.05) is 23.5 Å². The molecule has 2 nitrogen and oxygen atoms in total. The van der Waals surface area contributed by atoms with Crippen LogP contribution >= 0.6 is 0 Å². The summed E-state index contributed by atoms with van der Waals surface area (Å²) in [7, 11) is 0. The van der Waals surface area contributed by atoms with Crippen LogP contribution in [0, 0.1) is 17.5 Å². The summed E-state index contributed by atoms with van der Waals surface area (Å²) in [4.78, 5) is 8.45. The third kappa shape index (κ3) is 3.59. The second-order valence-corrected chi connectivity index (χ2v) is 5.91. The molecule has 3 aromatic rings. The maximum atomic E-state index is 14.5. The van der Waals surface area contributed by atoms with E-state index in [-0.39, 0.29) is 11.1 Å². The minimum absolute atomic E-state index is 0.000428. The summed E-state index contributed by atoms with van der Waals surface area (Å²) in [5, 5.41) is 0. The molecule has 0 amide bonds. The molecule has 0 atom stereocenters. The molecule has 0 unspecified atom stereocenters. The van der Waals surface area contributed by atoms with Gasteiger partial charge in [-0.2, -0.15) is 0 Å². The van der Waals surface area contributed by atoms with E-state index in [1.807, 2.05) is 6.92 Å². The summed E-state index contributed by atoms with van der Waals surface area (Å²) in [6, 6.07) is 6.03. The molecule has 0 saturated heterocycles. The van der Waals surface area contributed by atoms with Crippen LogP contribution in [0.25, 0.3) is 22.5 Å². The van der Waals surface area contributed by atoms with Crippen LogP contribution in [0.3, 0.4) is 0 Å². The van der Waals surface area contributed by atoms with Gasteiger partial charge in [-0.3, -0.25) is 0 Å². The predicted octanol–water partition coefficient (Wildman–Crippen LogP) is 5.65. The Morgan fingerprint density at radius 1 is 0.846 bits per heavy atom. The monoisotopic (exact) mass is 360 g/mol. The Kier molecular flexibility index (Phi) is 5.30. The van der Waals surface area contributed by atoms with Gasteiger partial charge in [0.25, 0.3) is 0 Å². The second kappa shape index (κ2) is 7.64. The number of hydrogen-bond acceptors (Lipinski definition) is 2. The number of rotatable bonds is 5. The molecule has 0 aliphatic carbocycles. The number of hydrogen-bond donors (Lipinski definition) is 0. The summed E-state index contributed by atoms with van der Waals surface area (Å²) >= 11 is 0. The van der Waals surface area contributed by atoms with E-state index in [0.717, 1.165) is 30.5 Å². The van der Waals surface area contributed by atoms with E-state index in [0.29, 0.717) is 11.4 Å². The van der Waals surface area contributed by atoms with Crippen molar-refractivity contribution in [2.75, 3.05) is 0 Å². The Morgan fingerprint density at radius 2 is 1.46 bits per heavy atom. The van der Waals surface area contributed by atoms with Crippen molar-refractivity contribution in [2.45, 2.75) is 26.4 Å². The zero-order valence-corrected chi connectivity index (χ0v) is 14.1. The molecule has 3 rings (SSSR count). The average Bonchev–Trinajstić information content (AvgIpc) is 2.62. The Morgan fingerprint density at radius 3 is 2.00 bits per heavy atom. The molecular weight excluding hydrogens is 344 g/mol. The molecule has 134 valence electrons. The highest BCUT2D eigenvalue weighted by molar-refractivity contribution is 5.69. The van der Waals surface area contributed by atoms with Crippen LogP contribution in [0.4, 0.5) is 17.6 Å². The third-order valence-electron chi connectivity index (χ3n) is 4.06. The Balaban J connectivity index is 1.95. The van der Waals surface area contributed by atoms with Crippen molar-refractivity contribution < 1.29 is 17.6 Å². The Labute approximate surface area is 148 Å². The van der Waals surface area contributed by atoms with E-state index in [1.54, 1.807) is 18.5 Å². The third-order valence-corrected chi connectivity index (χ3v) is 4.06. The molecule has 1 heterocycles. The van der Waals surface area contributed by atoms with Crippen molar-refractivity contribution in [1.82, 2.24) is 9.97 Å². The van der Waals surface area contributed by atoms with Crippen LogP contribution in [0.15, 0.2) is 42.7 Å². The second-order valence-electron chi connectivity index (χ2n) is 5.91. The Bertz CT molecular complexity index is 901. The van der Waals surface area contributed by atoms with Crippen molar-refractivity contribution >= 4 is 0 Å². The minimum Gasteiger partial charge on any atom is -0.246 e. The molecule has 0 radical (unpaired) electrons. The molecular formula is C20H16F4N2. The molecule has 0 N–H and O–H groups in total. The summed E-state index contributed by atoms with van der Waals surface area (Å²) in [6.45, 7) is 0.790. The van der Waals surface area contributed by atoms with Crippen molar-refractivity contribution in [3.05, 3.63) is 71.3 Å². The van der Waals surface area contributed by atoms with Gasteiger partial charge in [0.05, 0.1) is 5.56 Å². The van der Waals surface area contributed by atoms with Gasteiger partial charge in [-0.25, -0.2) is 27.5 Å².